The van der Waals surface area contributed by atoms with Crippen LogP contribution in [0.4, 0.5) is 5.69 Å². The monoisotopic (exact) mass is 483 g/mol. The van der Waals surface area contributed by atoms with E-state index < -0.39 is 11.2 Å². The number of hydrogen-bond donors (Lipinski definition) is 0. The van der Waals surface area contributed by atoms with Crippen molar-refractivity contribution in [3.05, 3.63) is 68.5 Å². The summed E-state index contributed by atoms with van der Waals surface area (Å²) in [7, 11) is 4.53. The van der Waals surface area contributed by atoms with Gasteiger partial charge >= 0.3 is 5.69 Å². The van der Waals surface area contributed by atoms with E-state index in [4.69, 9.17) is 4.74 Å². The molecule has 10 heteroatoms. The van der Waals surface area contributed by atoms with Crippen LogP contribution in [0.3, 0.4) is 0 Å². The molecule has 0 saturated carbocycles. The van der Waals surface area contributed by atoms with Gasteiger partial charge in [-0.1, -0.05) is 11.6 Å². The van der Waals surface area contributed by atoms with Crippen LogP contribution in [0.2, 0.25) is 0 Å². The number of allylic oxidation sites excluding steroid dienone is 1. The predicted octanol–water partition coefficient (Wildman–Crippen LogP) is 0.850. The van der Waals surface area contributed by atoms with Gasteiger partial charge in [0.15, 0.2) is 0 Å². The third-order valence-electron chi connectivity index (χ3n) is 6.06. The topological polar surface area (TPSA) is 97.1 Å². The fraction of sp³-hybridized carbons (Fsp3) is 0.440. The van der Waals surface area contributed by atoms with Crippen molar-refractivity contribution in [1.82, 2.24) is 18.9 Å². The number of carbonyl (C=O) groups is 2. The molecule has 0 atom stereocenters. The van der Waals surface area contributed by atoms with Crippen LogP contribution in [-0.2, 0) is 18.9 Å². The van der Waals surface area contributed by atoms with Crippen molar-refractivity contribution in [3.8, 4) is 5.75 Å². The Labute approximate surface area is 204 Å². The number of piperazine rings is 1. The van der Waals surface area contributed by atoms with Crippen LogP contribution in [0.15, 0.2) is 51.7 Å². The Hall–Kier alpha value is -3.66. The lowest BCUT2D eigenvalue weighted by Gasteiger charge is -2.35. The largest absolute Gasteiger partial charge is 0.497 e. The fourth-order valence-electron chi connectivity index (χ4n) is 3.88. The summed E-state index contributed by atoms with van der Waals surface area (Å²) in [5, 5.41) is 0. The Balaban J connectivity index is 1.70. The van der Waals surface area contributed by atoms with Gasteiger partial charge in [0.25, 0.3) is 11.5 Å². The molecule has 1 aliphatic heterocycles. The van der Waals surface area contributed by atoms with Gasteiger partial charge in [-0.3, -0.25) is 23.9 Å². The number of benzene rings is 1. The lowest BCUT2D eigenvalue weighted by Crippen LogP contribution is -2.52. The summed E-state index contributed by atoms with van der Waals surface area (Å²) < 4.78 is 7.44. The number of aromatic nitrogens is 2. The first-order valence-corrected chi connectivity index (χ1v) is 11.5. The van der Waals surface area contributed by atoms with Gasteiger partial charge in [0.2, 0.25) is 5.91 Å². The van der Waals surface area contributed by atoms with Crippen molar-refractivity contribution in [2.75, 3.05) is 51.3 Å². The first-order valence-electron chi connectivity index (χ1n) is 11.5. The summed E-state index contributed by atoms with van der Waals surface area (Å²) in [6, 6.07) is 7.00. The molecule has 2 amide bonds. The van der Waals surface area contributed by atoms with Crippen molar-refractivity contribution in [2.24, 2.45) is 14.1 Å². The van der Waals surface area contributed by atoms with Crippen molar-refractivity contribution >= 4 is 17.5 Å². The van der Waals surface area contributed by atoms with Crippen molar-refractivity contribution < 1.29 is 14.3 Å². The lowest BCUT2D eigenvalue weighted by atomic mass is 10.1. The number of anilines is 1. The molecule has 35 heavy (non-hydrogen) atoms. The van der Waals surface area contributed by atoms with E-state index in [2.05, 4.69) is 0 Å². The quantitative estimate of drug-likeness (QED) is 0.542. The van der Waals surface area contributed by atoms with Crippen molar-refractivity contribution in [3.63, 3.8) is 0 Å². The Morgan fingerprint density at radius 3 is 2.23 bits per heavy atom. The zero-order valence-electron chi connectivity index (χ0n) is 21.0. The second-order valence-electron chi connectivity index (χ2n) is 8.85. The van der Waals surface area contributed by atoms with E-state index in [0.29, 0.717) is 37.5 Å². The highest BCUT2D eigenvalue weighted by atomic mass is 16.5. The highest BCUT2D eigenvalue weighted by Crippen LogP contribution is 2.15. The zero-order valence-corrected chi connectivity index (χ0v) is 21.0. The molecule has 188 valence electrons. The number of nitrogens with zero attached hydrogens (tertiary/aromatic N) is 5. The maximum absolute atomic E-state index is 13.3. The van der Waals surface area contributed by atoms with Gasteiger partial charge in [-0.25, -0.2) is 4.79 Å². The van der Waals surface area contributed by atoms with Crippen LogP contribution >= 0.6 is 0 Å². The molecule has 10 nitrogen and oxygen atoms in total. The molecule has 1 fully saturated rings. The highest BCUT2D eigenvalue weighted by Gasteiger charge is 2.26. The van der Waals surface area contributed by atoms with Crippen molar-refractivity contribution in [2.45, 2.75) is 13.8 Å². The summed E-state index contributed by atoms with van der Waals surface area (Å²) >= 11 is 0. The number of hydrogen-bond acceptors (Lipinski definition) is 6. The van der Waals surface area contributed by atoms with Gasteiger partial charge in [0.1, 0.15) is 11.4 Å². The van der Waals surface area contributed by atoms with Gasteiger partial charge < -0.3 is 19.1 Å². The molecule has 0 aliphatic carbocycles. The summed E-state index contributed by atoms with van der Waals surface area (Å²) in [4.78, 5) is 56.2. The molecular weight excluding hydrogens is 450 g/mol. The molecule has 1 aliphatic rings. The number of rotatable bonds is 7. The van der Waals surface area contributed by atoms with E-state index in [1.54, 1.807) is 43.3 Å². The van der Waals surface area contributed by atoms with Crippen LogP contribution in [0.5, 0.6) is 5.75 Å². The van der Waals surface area contributed by atoms with Crippen LogP contribution in [0.25, 0.3) is 0 Å². The smallest absolute Gasteiger partial charge is 0.330 e. The minimum Gasteiger partial charge on any atom is -0.497 e. The average Bonchev–Trinajstić information content (AvgIpc) is 2.85. The average molecular weight is 484 g/mol. The second-order valence-corrected chi connectivity index (χ2v) is 8.85. The van der Waals surface area contributed by atoms with Crippen molar-refractivity contribution in [1.29, 1.82) is 0 Å². The molecule has 0 bridgehead atoms. The summed E-state index contributed by atoms with van der Waals surface area (Å²) in [6.45, 7) is 6.23. The fourth-order valence-corrected chi connectivity index (χ4v) is 3.88. The summed E-state index contributed by atoms with van der Waals surface area (Å²) in [5.41, 5.74) is 0.791. The normalized spacial score (nSPS) is 13.9. The van der Waals surface area contributed by atoms with Crippen LogP contribution in [-0.4, -0.2) is 77.1 Å². The first kappa shape index (κ1) is 26.0. The molecule has 3 rings (SSSR count). The lowest BCUT2D eigenvalue weighted by molar-refractivity contribution is -0.120. The number of amides is 2. The maximum Gasteiger partial charge on any atom is 0.330 e. The van der Waals surface area contributed by atoms with Gasteiger partial charge in [-0.05, 0) is 38.1 Å². The van der Waals surface area contributed by atoms with Gasteiger partial charge in [-0.2, -0.15) is 0 Å². The third kappa shape index (κ3) is 6.07. The first-order chi connectivity index (χ1) is 16.6. The molecule has 0 N–H and O–H groups in total. The maximum atomic E-state index is 13.3. The van der Waals surface area contributed by atoms with E-state index in [1.807, 2.05) is 24.8 Å². The summed E-state index contributed by atoms with van der Waals surface area (Å²) in [6.07, 6.45) is 3.28. The number of ether oxygens (including phenoxy) is 1. The van der Waals surface area contributed by atoms with Gasteiger partial charge in [-0.15, -0.1) is 0 Å². The Kier molecular flexibility index (Phi) is 8.29. The standard InChI is InChI=1S/C25H33N5O5/c1-18(2)10-11-30(21-16-26(3)25(34)27(4)24(21)33)22(31)17-28-12-14-29(15-13-28)23(32)19-6-8-20(35-5)9-7-19/h6-10,16H,11-15,17H2,1-5H3. The molecule has 0 unspecified atom stereocenters. The Morgan fingerprint density at radius 2 is 1.66 bits per heavy atom. The van der Waals surface area contributed by atoms with E-state index in [-0.39, 0.29) is 30.6 Å². The molecule has 0 spiro atoms. The number of carbonyl (C=O) groups excluding carboxylic acids is 2. The Bertz CT molecular complexity index is 1220. The molecule has 1 saturated heterocycles. The predicted molar refractivity (Wildman–Crippen MR) is 134 cm³/mol. The van der Waals surface area contributed by atoms with E-state index in [0.717, 1.165) is 10.1 Å². The molecule has 1 aromatic carbocycles. The van der Waals surface area contributed by atoms with Crippen LogP contribution in [0, 0.1) is 0 Å². The minimum atomic E-state index is -0.515. The Morgan fingerprint density at radius 1 is 1.03 bits per heavy atom. The minimum absolute atomic E-state index is 0.0579. The zero-order chi connectivity index (χ0) is 25.7. The number of aryl methyl sites for hydroxylation is 1. The molecule has 1 aromatic heterocycles. The van der Waals surface area contributed by atoms with E-state index >= 15 is 0 Å². The van der Waals surface area contributed by atoms with Crippen LogP contribution < -0.4 is 20.9 Å². The van der Waals surface area contributed by atoms with Gasteiger partial charge in [0.05, 0.1) is 13.7 Å². The summed E-state index contributed by atoms with van der Waals surface area (Å²) in [5.74, 6) is 0.390. The SMILES string of the molecule is COc1ccc(C(=O)N2CCN(CC(=O)N(CC=C(C)C)c3cn(C)c(=O)n(C)c3=O)CC2)cc1. The number of methoxy groups -OCH3 is 1. The molecule has 0 radical (unpaired) electrons. The molecule has 2 aromatic rings. The highest BCUT2D eigenvalue weighted by molar-refractivity contribution is 5.95. The molecular formula is C25H33N5O5. The molecule has 2 heterocycles. The van der Waals surface area contributed by atoms with E-state index in [1.165, 1.54) is 22.7 Å². The third-order valence-corrected chi connectivity index (χ3v) is 6.06. The van der Waals surface area contributed by atoms with Crippen LogP contribution in [0.1, 0.15) is 24.2 Å². The van der Waals surface area contributed by atoms with E-state index in [9.17, 15) is 19.2 Å². The second kappa shape index (κ2) is 11.2. The van der Waals surface area contributed by atoms with Gasteiger partial charge in [0, 0.05) is 58.6 Å².